The van der Waals surface area contributed by atoms with Crippen molar-refractivity contribution >= 4 is 17.6 Å². The molecule has 0 saturated carbocycles. The minimum absolute atomic E-state index is 0.00919. The van der Waals surface area contributed by atoms with Crippen molar-refractivity contribution in [3.05, 3.63) is 57.4 Å². The summed E-state index contributed by atoms with van der Waals surface area (Å²) >= 11 is 0. The number of para-hydroxylation sites is 2. The fourth-order valence-electron chi connectivity index (χ4n) is 2.50. The second kappa shape index (κ2) is 7.09. The third-order valence-corrected chi connectivity index (χ3v) is 3.65. The molecule has 6 heteroatoms. The van der Waals surface area contributed by atoms with Gasteiger partial charge in [-0.2, -0.15) is 5.10 Å². The van der Waals surface area contributed by atoms with E-state index in [1.165, 1.54) is 11.8 Å². The first-order valence-electron chi connectivity index (χ1n) is 7.59. The highest BCUT2D eigenvalue weighted by atomic mass is 16.6. The van der Waals surface area contributed by atoms with Crippen LogP contribution in [0.3, 0.4) is 0 Å². The lowest BCUT2D eigenvalue weighted by molar-refractivity contribution is -0.384. The van der Waals surface area contributed by atoms with Crippen LogP contribution in [0.25, 0.3) is 0 Å². The molecular formula is C17H22N4O2. The van der Waals surface area contributed by atoms with Crippen LogP contribution in [0.1, 0.15) is 30.8 Å². The first-order valence-corrected chi connectivity index (χ1v) is 7.59. The molecule has 0 spiro atoms. The van der Waals surface area contributed by atoms with E-state index in [9.17, 15) is 10.1 Å². The van der Waals surface area contributed by atoms with E-state index in [1.54, 1.807) is 24.4 Å². The minimum Gasteiger partial charge on any atom is -0.348 e. The smallest absolute Gasteiger partial charge is 0.294 e. The van der Waals surface area contributed by atoms with Crippen molar-refractivity contribution < 1.29 is 4.92 Å². The van der Waals surface area contributed by atoms with E-state index in [1.807, 2.05) is 0 Å². The van der Waals surface area contributed by atoms with E-state index < -0.39 is 4.92 Å². The Kier molecular flexibility index (Phi) is 5.16. The molecule has 0 aliphatic rings. The van der Waals surface area contributed by atoms with Gasteiger partial charge in [0.15, 0.2) is 0 Å². The van der Waals surface area contributed by atoms with Crippen LogP contribution < -0.4 is 5.43 Å². The molecule has 0 aliphatic carbocycles. The quantitative estimate of drug-likeness (QED) is 0.495. The van der Waals surface area contributed by atoms with Crippen LogP contribution in [0.5, 0.6) is 0 Å². The van der Waals surface area contributed by atoms with Crippen molar-refractivity contribution in [3.8, 4) is 0 Å². The summed E-state index contributed by atoms with van der Waals surface area (Å²) < 4.78 is 2.26. The molecule has 1 aromatic heterocycles. The molecule has 1 N–H and O–H groups in total. The number of rotatable bonds is 6. The number of nitrogens with zero attached hydrogens (tertiary/aromatic N) is 3. The first kappa shape index (κ1) is 16.7. The molecule has 0 aliphatic heterocycles. The fraction of sp³-hybridized carbons (Fsp3) is 0.353. The molecule has 0 unspecified atom stereocenters. The van der Waals surface area contributed by atoms with Crippen molar-refractivity contribution in [2.24, 2.45) is 11.0 Å². The standard InChI is InChI=1S/C17H22N4O2/c1-12(2)11-20-13(3)9-15(14(20)4)10-18-19-16-7-5-6-8-17(16)21(22)23/h5-10,12,19H,11H2,1-4H3/b18-10+. The van der Waals surface area contributed by atoms with Gasteiger partial charge in [-0.25, -0.2) is 0 Å². The number of hydrogen-bond acceptors (Lipinski definition) is 4. The highest BCUT2D eigenvalue weighted by molar-refractivity contribution is 5.82. The second-order valence-electron chi connectivity index (χ2n) is 5.98. The highest BCUT2D eigenvalue weighted by Crippen LogP contribution is 2.23. The van der Waals surface area contributed by atoms with Gasteiger partial charge in [0.25, 0.3) is 5.69 Å². The molecular weight excluding hydrogens is 292 g/mol. The zero-order chi connectivity index (χ0) is 17.0. The summed E-state index contributed by atoms with van der Waals surface area (Å²) in [6.45, 7) is 9.46. The monoisotopic (exact) mass is 314 g/mol. The number of nitrogens with one attached hydrogen (secondary N) is 1. The molecule has 23 heavy (non-hydrogen) atoms. The average Bonchev–Trinajstić information content (AvgIpc) is 2.75. The van der Waals surface area contributed by atoms with Gasteiger partial charge < -0.3 is 4.57 Å². The van der Waals surface area contributed by atoms with E-state index in [0.29, 0.717) is 11.6 Å². The molecule has 0 amide bonds. The van der Waals surface area contributed by atoms with Crippen LogP contribution in [0.15, 0.2) is 35.4 Å². The fourth-order valence-corrected chi connectivity index (χ4v) is 2.50. The lowest BCUT2D eigenvalue weighted by Gasteiger charge is -2.11. The third kappa shape index (κ3) is 3.97. The lowest BCUT2D eigenvalue weighted by Crippen LogP contribution is -2.08. The maximum absolute atomic E-state index is 11.0. The SMILES string of the molecule is Cc1cc(/C=N/Nc2ccccc2[N+](=O)[O-])c(C)n1CC(C)C. The molecule has 122 valence electrons. The maximum atomic E-state index is 11.0. The zero-order valence-electron chi connectivity index (χ0n) is 13.9. The van der Waals surface area contributed by atoms with Gasteiger partial charge >= 0.3 is 0 Å². The van der Waals surface area contributed by atoms with Gasteiger partial charge in [0.2, 0.25) is 0 Å². The number of benzene rings is 1. The van der Waals surface area contributed by atoms with Crippen LogP contribution in [0.2, 0.25) is 0 Å². The van der Waals surface area contributed by atoms with E-state index in [2.05, 4.69) is 48.9 Å². The van der Waals surface area contributed by atoms with E-state index in [4.69, 9.17) is 0 Å². The number of aryl methyl sites for hydroxylation is 1. The highest BCUT2D eigenvalue weighted by Gasteiger charge is 2.12. The number of nitro groups is 1. The molecule has 2 aromatic rings. The average molecular weight is 314 g/mol. The van der Waals surface area contributed by atoms with Gasteiger partial charge in [0, 0.05) is 29.6 Å². The summed E-state index contributed by atoms with van der Waals surface area (Å²) in [5.74, 6) is 0.565. The molecule has 6 nitrogen and oxygen atoms in total. The Hall–Kier alpha value is -2.63. The van der Waals surface area contributed by atoms with Gasteiger partial charge in [-0.1, -0.05) is 26.0 Å². The Morgan fingerprint density at radius 2 is 2.04 bits per heavy atom. The minimum atomic E-state index is -0.424. The molecule has 0 bridgehead atoms. The van der Waals surface area contributed by atoms with Crippen LogP contribution in [0, 0.1) is 29.9 Å². The van der Waals surface area contributed by atoms with Crippen molar-refractivity contribution in [2.45, 2.75) is 34.2 Å². The summed E-state index contributed by atoms with van der Waals surface area (Å²) in [6.07, 6.45) is 1.70. The summed E-state index contributed by atoms with van der Waals surface area (Å²) in [5, 5.41) is 15.1. The van der Waals surface area contributed by atoms with E-state index >= 15 is 0 Å². The Morgan fingerprint density at radius 3 is 2.70 bits per heavy atom. The molecule has 2 rings (SSSR count). The second-order valence-corrected chi connectivity index (χ2v) is 5.98. The summed E-state index contributed by atoms with van der Waals surface area (Å²) in [7, 11) is 0. The number of nitro benzene ring substituents is 1. The van der Waals surface area contributed by atoms with E-state index in [-0.39, 0.29) is 5.69 Å². The van der Waals surface area contributed by atoms with Gasteiger partial charge in [-0.15, -0.1) is 0 Å². The van der Waals surface area contributed by atoms with Gasteiger partial charge in [0.1, 0.15) is 5.69 Å². The Bertz CT molecular complexity index is 732. The number of aromatic nitrogens is 1. The first-order chi connectivity index (χ1) is 10.9. The van der Waals surface area contributed by atoms with E-state index in [0.717, 1.165) is 17.8 Å². The number of anilines is 1. The number of hydrogen-bond donors (Lipinski definition) is 1. The van der Waals surface area contributed by atoms with Crippen LogP contribution in [-0.4, -0.2) is 15.7 Å². The molecule has 0 radical (unpaired) electrons. The van der Waals surface area contributed by atoms with Crippen LogP contribution >= 0.6 is 0 Å². The Morgan fingerprint density at radius 1 is 1.35 bits per heavy atom. The third-order valence-electron chi connectivity index (χ3n) is 3.65. The maximum Gasteiger partial charge on any atom is 0.294 e. The molecule has 0 saturated heterocycles. The van der Waals surface area contributed by atoms with Gasteiger partial charge in [-0.3, -0.25) is 15.5 Å². The van der Waals surface area contributed by atoms with Gasteiger partial charge in [0.05, 0.1) is 11.1 Å². The molecule has 1 aromatic carbocycles. The predicted octanol–water partition coefficient (Wildman–Crippen LogP) is 4.12. The summed E-state index contributed by atoms with van der Waals surface area (Å²) in [4.78, 5) is 10.5. The molecule has 0 atom stereocenters. The van der Waals surface area contributed by atoms with Crippen LogP contribution in [0.4, 0.5) is 11.4 Å². The Balaban J connectivity index is 2.17. The van der Waals surface area contributed by atoms with Crippen molar-refractivity contribution in [2.75, 3.05) is 5.43 Å². The molecule has 0 fully saturated rings. The van der Waals surface area contributed by atoms with Crippen LogP contribution in [-0.2, 0) is 6.54 Å². The predicted molar refractivity (Wildman–Crippen MR) is 93.1 cm³/mol. The van der Waals surface area contributed by atoms with Gasteiger partial charge in [-0.05, 0) is 31.9 Å². The van der Waals surface area contributed by atoms with Crippen molar-refractivity contribution in [1.82, 2.24) is 4.57 Å². The van der Waals surface area contributed by atoms with Crippen molar-refractivity contribution in [3.63, 3.8) is 0 Å². The number of hydrazone groups is 1. The normalized spacial score (nSPS) is 11.3. The Labute approximate surface area is 136 Å². The van der Waals surface area contributed by atoms with Crippen molar-refractivity contribution in [1.29, 1.82) is 0 Å². The summed E-state index contributed by atoms with van der Waals surface area (Å²) in [5.41, 5.74) is 6.48. The lowest BCUT2D eigenvalue weighted by atomic mass is 10.2. The largest absolute Gasteiger partial charge is 0.348 e. The zero-order valence-corrected chi connectivity index (χ0v) is 13.9. The molecule has 1 heterocycles. The summed E-state index contributed by atoms with van der Waals surface area (Å²) in [6, 6.07) is 8.53. The topological polar surface area (TPSA) is 72.5 Å².